The monoisotopic (exact) mass is 214 g/mol. The van der Waals surface area contributed by atoms with Crippen LogP contribution in [0.2, 0.25) is 5.15 Å². The molecule has 0 aliphatic carbocycles. The Hall–Kier alpha value is -1.56. The van der Waals surface area contributed by atoms with Crippen molar-refractivity contribution in [1.82, 2.24) is 19.9 Å². The number of aromatic nitrogens is 4. The molecule has 0 atom stereocenters. The molecule has 74 valence electrons. The normalized spacial score (nSPS) is 10.5. The van der Waals surface area contributed by atoms with Crippen molar-refractivity contribution in [3.63, 3.8) is 0 Å². The first kappa shape index (κ1) is 9.01. The number of ether oxygens (including phenoxy) is 2. The third kappa shape index (κ3) is 1.33. The fourth-order valence-electron chi connectivity index (χ4n) is 1.01. The molecule has 0 unspecified atom stereocenters. The van der Waals surface area contributed by atoms with Crippen LogP contribution >= 0.6 is 11.6 Å². The van der Waals surface area contributed by atoms with E-state index < -0.39 is 0 Å². The van der Waals surface area contributed by atoms with Gasteiger partial charge in [0.25, 0.3) is 6.01 Å². The Balaban J connectivity index is 2.67. The smallest absolute Gasteiger partial charge is 0.319 e. The lowest BCUT2D eigenvalue weighted by atomic mass is 10.6. The summed E-state index contributed by atoms with van der Waals surface area (Å²) in [5, 5.41) is 0.252. The molecular weight excluding hydrogens is 208 g/mol. The molecule has 2 rings (SSSR count). The summed E-state index contributed by atoms with van der Waals surface area (Å²) in [6.45, 7) is 0. The molecular formula is C7H7ClN4O2. The second-order valence-corrected chi connectivity index (χ2v) is 2.80. The molecule has 0 radical (unpaired) electrons. The summed E-state index contributed by atoms with van der Waals surface area (Å²) in [6, 6.07) is 0.515. The molecule has 1 N–H and O–H groups in total. The van der Waals surface area contributed by atoms with Crippen LogP contribution in [-0.4, -0.2) is 34.2 Å². The molecule has 6 nitrogen and oxygen atoms in total. The van der Waals surface area contributed by atoms with Crippen molar-refractivity contribution in [3.05, 3.63) is 5.15 Å². The molecule has 0 fully saturated rings. The highest BCUT2D eigenvalue weighted by Crippen LogP contribution is 2.22. The van der Waals surface area contributed by atoms with Crippen molar-refractivity contribution in [2.75, 3.05) is 14.2 Å². The summed E-state index contributed by atoms with van der Waals surface area (Å²) in [6.07, 6.45) is 0. The third-order valence-corrected chi connectivity index (χ3v) is 1.91. The van der Waals surface area contributed by atoms with Gasteiger partial charge in [-0.3, -0.25) is 0 Å². The minimum atomic E-state index is 0.177. The fourth-order valence-corrected chi connectivity index (χ4v) is 1.22. The van der Waals surface area contributed by atoms with E-state index in [-0.39, 0.29) is 11.2 Å². The Morgan fingerprint density at radius 2 is 1.93 bits per heavy atom. The zero-order valence-electron chi connectivity index (χ0n) is 7.54. The molecule has 14 heavy (non-hydrogen) atoms. The molecule has 7 heteroatoms. The summed E-state index contributed by atoms with van der Waals surface area (Å²) in [5.74, 6) is 0. The van der Waals surface area contributed by atoms with E-state index in [1.54, 1.807) is 0 Å². The number of aromatic amines is 1. The van der Waals surface area contributed by atoms with Crippen LogP contribution in [0, 0.1) is 0 Å². The Kier molecular flexibility index (Phi) is 2.12. The van der Waals surface area contributed by atoms with Gasteiger partial charge in [0, 0.05) is 0 Å². The number of H-pyrrole nitrogens is 1. The van der Waals surface area contributed by atoms with Gasteiger partial charge >= 0.3 is 6.01 Å². The molecule has 0 bridgehead atoms. The second kappa shape index (κ2) is 3.30. The number of rotatable bonds is 2. The van der Waals surface area contributed by atoms with Gasteiger partial charge in [-0.1, -0.05) is 11.6 Å². The van der Waals surface area contributed by atoms with Crippen molar-refractivity contribution < 1.29 is 9.47 Å². The van der Waals surface area contributed by atoms with Crippen LogP contribution in [0.5, 0.6) is 12.0 Å². The number of hydrogen-bond donors (Lipinski definition) is 1. The number of methoxy groups -OCH3 is 2. The maximum Gasteiger partial charge on any atom is 0.319 e. The number of hydrogen-bond acceptors (Lipinski definition) is 5. The van der Waals surface area contributed by atoms with Crippen molar-refractivity contribution in [2.45, 2.75) is 0 Å². The number of imidazole rings is 1. The highest BCUT2D eigenvalue weighted by atomic mass is 35.5. The molecule has 0 saturated heterocycles. The first-order valence-corrected chi connectivity index (χ1v) is 4.13. The van der Waals surface area contributed by atoms with Gasteiger partial charge in [0.2, 0.25) is 0 Å². The van der Waals surface area contributed by atoms with E-state index in [2.05, 4.69) is 19.9 Å². The van der Waals surface area contributed by atoms with Crippen molar-refractivity contribution in [2.24, 2.45) is 0 Å². The van der Waals surface area contributed by atoms with E-state index in [4.69, 9.17) is 21.1 Å². The van der Waals surface area contributed by atoms with Gasteiger partial charge in [0.05, 0.1) is 14.2 Å². The van der Waals surface area contributed by atoms with E-state index in [1.807, 2.05) is 0 Å². The number of nitrogens with one attached hydrogen (secondary N) is 1. The maximum absolute atomic E-state index is 5.85. The Bertz CT molecular complexity index is 470. The quantitative estimate of drug-likeness (QED) is 0.756. The molecule has 2 aromatic heterocycles. The van der Waals surface area contributed by atoms with Crippen molar-refractivity contribution >= 4 is 22.8 Å². The highest BCUT2D eigenvalue weighted by Gasteiger charge is 2.11. The van der Waals surface area contributed by atoms with Gasteiger partial charge in [0.1, 0.15) is 5.52 Å². The Morgan fingerprint density at radius 3 is 2.57 bits per heavy atom. The predicted octanol–water partition coefficient (Wildman–Crippen LogP) is 1.02. The molecule has 0 amide bonds. The van der Waals surface area contributed by atoms with E-state index in [0.29, 0.717) is 17.2 Å². The van der Waals surface area contributed by atoms with E-state index in [1.165, 1.54) is 14.2 Å². The summed E-state index contributed by atoms with van der Waals surface area (Å²) >= 11 is 5.85. The lowest BCUT2D eigenvalue weighted by molar-refractivity contribution is 0.380. The van der Waals surface area contributed by atoms with Crippen LogP contribution in [0.1, 0.15) is 0 Å². The van der Waals surface area contributed by atoms with Crippen LogP contribution in [-0.2, 0) is 0 Å². The zero-order chi connectivity index (χ0) is 10.1. The topological polar surface area (TPSA) is 72.9 Å². The first-order valence-electron chi connectivity index (χ1n) is 3.76. The molecule has 0 aliphatic rings. The Labute approximate surface area is 84.2 Å². The van der Waals surface area contributed by atoms with E-state index >= 15 is 0 Å². The summed E-state index contributed by atoms with van der Waals surface area (Å²) < 4.78 is 9.74. The second-order valence-electron chi connectivity index (χ2n) is 2.45. The predicted molar refractivity (Wildman–Crippen MR) is 49.8 cm³/mol. The van der Waals surface area contributed by atoms with Crippen LogP contribution in [0.25, 0.3) is 11.2 Å². The van der Waals surface area contributed by atoms with Crippen LogP contribution < -0.4 is 9.47 Å². The molecule has 0 spiro atoms. The van der Waals surface area contributed by atoms with Gasteiger partial charge in [-0.25, -0.2) is 0 Å². The molecule has 2 aromatic rings. The average Bonchev–Trinajstić information content (AvgIpc) is 2.61. The first-order chi connectivity index (χ1) is 6.74. The number of halogens is 1. The SMILES string of the molecule is COc1nc(Cl)c2[nH]c(OC)nc2n1. The number of fused-ring (bicyclic) bond motifs is 1. The minimum Gasteiger partial charge on any atom is -0.468 e. The maximum atomic E-state index is 5.85. The third-order valence-electron chi connectivity index (χ3n) is 1.64. The lowest BCUT2D eigenvalue weighted by Crippen LogP contribution is -1.92. The summed E-state index contributed by atoms with van der Waals surface area (Å²) in [7, 11) is 2.96. The lowest BCUT2D eigenvalue weighted by Gasteiger charge is -1.96. The van der Waals surface area contributed by atoms with Crippen LogP contribution in [0.15, 0.2) is 0 Å². The van der Waals surface area contributed by atoms with Crippen molar-refractivity contribution in [3.8, 4) is 12.0 Å². The van der Waals surface area contributed by atoms with Gasteiger partial charge in [-0.05, 0) is 0 Å². The molecule has 0 aliphatic heterocycles. The molecule has 0 saturated carbocycles. The van der Waals surface area contributed by atoms with Gasteiger partial charge in [0.15, 0.2) is 10.8 Å². The summed E-state index contributed by atoms with van der Waals surface area (Å²) in [4.78, 5) is 14.7. The summed E-state index contributed by atoms with van der Waals surface area (Å²) in [5.41, 5.74) is 0.947. The highest BCUT2D eigenvalue weighted by molar-refractivity contribution is 6.33. The molecule has 0 aromatic carbocycles. The average molecular weight is 215 g/mol. The Morgan fingerprint density at radius 1 is 1.14 bits per heavy atom. The minimum absolute atomic E-state index is 0.177. The largest absolute Gasteiger partial charge is 0.468 e. The molecule has 2 heterocycles. The van der Waals surface area contributed by atoms with E-state index in [9.17, 15) is 0 Å². The van der Waals surface area contributed by atoms with Crippen LogP contribution in [0.3, 0.4) is 0 Å². The van der Waals surface area contributed by atoms with Gasteiger partial charge in [-0.15, -0.1) is 0 Å². The number of nitrogens with zero attached hydrogens (tertiary/aromatic N) is 3. The standard InChI is InChI=1S/C7H7ClN4O2/c1-13-6-9-3-4(8)10-7(14-2)12-5(3)11-6/h1-2H3,(H,9,10,11,12). The van der Waals surface area contributed by atoms with Crippen molar-refractivity contribution in [1.29, 1.82) is 0 Å². The van der Waals surface area contributed by atoms with Gasteiger partial charge in [-0.2, -0.15) is 15.0 Å². The van der Waals surface area contributed by atoms with Crippen LogP contribution in [0.4, 0.5) is 0 Å². The van der Waals surface area contributed by atoms with E-state index in [0.717, 1.165) is 0 Å². The van der Waals surface area contributed by atoms with Gasteiger partial charge < -0.3 is 14.5 Å². The zero-order valence-corrected chi connectivity index (χ0v) is 8.29. The fraction of sp³-hybridized carbons (Fsp3) is 0.286.